The van der Waals surface area contributed by atoms with Crippen molar-refractivity contribution in [1.29, 1.82) is 0 Å². The third kappa shape index (κ3) is 2.27. The van der Waals surface area contributed by atoms with Crippen LogP contribution >= 0.6 is 0 Å². The lowest BCUT2D eigenvalue weighted by Crippen LogP contribution is -2.39. The van der Waals surface area contributed by atoms with Gasteiger partial charge in [0.2, 0.25) is 0 Å². The Bertz CT molecular complexity index is 390. The molecule has 2 aliphatic rings. The largest absolute Gasteiger partial charge is 0.387 e. The van der Waals surface area contributed by atoms with E-state index in [1.165, 1.54) is 19.2 Å². The molecule has 1 aliphatic carbocycles. The Hall–Kier alpha value is -1.00. The highest BCUT2D eigenvalue weighted by atomic mass is 16.5. The van der Waals surface area contributed by atoms with Crippen LogP contribution in [-0.2, 0) is 4.74 Å². The second kappa shape index (κ2) is 4.94. The average molecular weight is 248 g/mol. The fourth-order valence-electron chi connectivity index (χ4n) is 3.42. The van der Waals surface area contributed by atoms with Crippen molar-refractivity contribution in [2.24, 2.45) is 5.92 Å². The molecule has 1 aromatic heterocycles. The van der Waals surface area contributed by atoms with Gasteiger partial charge in [0.15, 0.2) is 0 Å². The highest BCUT2D eigenvalue weighted by Gasteiger charge is 2.42. The Labute approximate surface area is 107 Å². The van der Waals surface area contributed by atoms with Gasteiger partial charge in [-0.15, -0.1) is 0 Å². The van der Waals surface area contributed by atoms with E-state index >= 15 is 0 Å². The summed E-state index contributed by atoms with van der Waals surface area (Å²) >= 11 is 0. The fourth-order valence-corrected chi connectivity index (χ4v) is 3.42. The summed E-state index contributed by atoms with van der Waals surface area (Å²) in [7, 11) is 0. The Kier molecular flexibility index (Phi) is 3.31. The van der Waals surface area contributed by atoms with Crippen LogP contribution in [0.3, 0.4) is 0 Å². The molecule has 0 bridgehead atoms. The van der Waals surface area contributed by atoms with Crippen molar-refractivity contribution in [2.45, 2.75) is 50.2 Å². The summed E-state index contributed by atoms with van der Waals surface area (Å²) < 4.78 is 6.00. The molecule has 1 aliphatic heterocycles. The molecular formula is C14H20N2O2. The Balaban J connectivity index is 1.72. The molecule has 98 valence electrons. The van der Waals surface area contributed by atoms with E-state index in [9.17, 15) is 5.11 Å². The maximum atomic E-state index is 10.4. The smallest absolute Gasteiger partial charge is 0.115 e. The molecular weight excluding hydrogens is 228 g/mol. The van der Waals surface area contributed by atoms with Gasteiger partial charge in [-0.3, -0.25) is 0 Å². The second-order valence-corrected chi connectivity index (χ2v) is 5.57. The first-order chi connectivity index (χ1) is 8.79. The molecule has 1 saturated heterocycles. The summed E-state index contributed by atoms with van der Waals surface area (Å²) in [6.07, 6.45) is 9.44. The van der Waals surface area contributed by atoms with Crippen molar-refractivity contribution in [3.63, 3.8) is 0 Å². The highest BCUT2D eigenvalue weighted by molar-refractivity contribution is 5.05. The zero-order valence-corrected chi connectivity index (χ0v) is 10.6. The van der Waals surface area contributed by atoms with Gasteiger partial charge in [0.1, 0.15) is 6.33 Å². The predicted octanol–water partition coefficient (Wildman–Crippen LogP) is 2.25. The Morgan fingerprint density at radius 2 is 2.22 bits per heavy atom. The van der Waals surface area contributed by atoms with Gasteiger partial charge in [-0.1, -0.05) is 12.8 Å². The number of aliphatic hydroxyl groups excluding tert-OH is 1. The predicted molar refractivity (Wildman–Crippen MR) is 66.9 cm³/mol. The quantitative estimate of drug-likeness (QED) is 0.872. The summed E-state index contributed by atoms with van der Waals surface area (Å²) in [6, 6.07) is 1.81. The molecule has 1 aromatic rings. The minimum Gasteiger partial charge on any atom is -0.387 e. The van der Waals surface area contributed by atoms with Crippen LogP contribution in [0.4, 0.5) is 0 Å². The average Bonchev–Trinajstić information content (AvgIpc) is 2.87. The lowest BCUT2D eigenvalue weighted by molar-refractivity contribution is -0.113. The topological polar surface area (TPSA) is 55.2 Å². The summed E-state index contributed by atoms with van der Waals surface area (Å²) in [4.78, 5) is 8.06. The van der Waals surface area contributed by atoms with E-state index < -0.39 is 6.10 Å². The maximum absolute atomic E-state index is 10.4. The minimum atomic E-state index is -0.477. The van der Waals surface area contributed by atoms with Gasteiger partial charge in [-0.2, -0.15) is 0 Å². The van der Waals surface area contributed by atoms with Crippen LogP contribution in [0.2, 0.25) is 0 Å². The number of rotatable bonds is 2. The van der Waals surface area contributed by atoms with Gasteiger partial charge < -0.3 is 9.84 Å². The van der Waals surface area contributed by atoms with Crippen molar-refractivity contribution in [1.82, 2.24) is 9.97 Å². The van der Waals surface area contributed by atoms with Crippen molar-refractivity contribution >= 4 is 0 Å². The van der Waals surface area contributed by atoms with Gasteiger partial charge in [0, 0.05) is 12.8 Å². The van der Waals surface area contributed by atoms with Crippen LogP contribution in [0, 0.1) is 5.92 Å². The third-order valence-electron chi connectivity index (χ3n) is 4.40. The number of aromatic nitrogens is 2. The van der Waals surface area contributed by atoms with Crippen LogP contribution in [0.1, 0.15) is 50.3 Å². The molecule has 0 aromatic carbocycles. The van der Waals surface area contributed by atoms with E-state index in [2.05, 4.69) is 9.97 Å². The van der Waals surface area contributed by atoms with Gasteiger partial charge in [-0.25, -0.2) is 9.97 Å². The summed E-state index contributed by atoms with van der Waals surface area (Å²) in [6.45, 7) is 0.771. The van der Waals surface area contributed by atoms with E-state index in [4.69, 9.17) is 4.74 Å². The van der Waals surface area contributed by atoms with Crippen LogP contribution < -0.4 is 0 Å². The zero-order valence-electron chi connectivity index (χ0n) is 10.6. The van der Waals surface area contributed by atoms with Gasteiger partial charge >= 0.3 is 0 Å². The lowest BCUT2D eigenvalue weighted by atomic mass is 9.81. The van der Waals surface area contributed by atoms with Crippen molar-refractivity contribution < 1.29 is 9.84 Å². The highest BCUT2D eigenvalue weighted by Crippen LogP contribution is 2.44. The number of nitrogens with zero attached hydrogens (tertiary/aromatic N) is 2. The normalized spacial score (nSPS) is 28.4. The van der Waals surface area contributed by atoms with E-state index in [-0.39, 0.29) is 11.5 Å². The summed E-state index contributed by atoms with van der Waals surface area (Å²) in [5, 5.41) is 10.4. The number of hydrogen-bond donors (Lipinski definition) is 1. The maximum Gasteiger partial charge on any atom is 0.115 e. The Morgan fingerprint density at radius 1 is 1.39 bits per heavy atom. The van der Waals surface area contributed by atoms with Gasteiger partial charge in [-0.05, 0) is 37.7 Å². The summed E-state index contributed by atoms with van der Waals surface area (Å²) in [5.41, 5.74) is 0.793. The monoisotopic (exact) mass is 248 g/mol. The standard InChI is InChI=1S/C14H20N2O2/c17-13(12-3-7-15-10-16-12)11-4-8-18-14(9-11)5-1-2-6-14/h3,7,10-11,13,17H,1-2,4-6,8-9H2. The van der Waals surface area contributed by atoms with Crippen LogP contribution in [0.25, 0.3) is 0 Å². The third-order valence-corrected chi connectivity index (χ3v) is 4.40. The van der Waals surface area contributed by atoms with E-state index in [0.717, 1.165) is 38.0 Å². The number of ether oxygens (including phenoxy) is 1. The Morgan fingerprint density at radius 3 is 2.94 bits per heavy atom. The number of hydrogen-bond acceptors (Lipinski definition) is 4. The second-order valence-electron chi connectivity index (χ2n) is 5.57. The molecule has 0 radical (unpaired) electrons. The van der Waals surface area contributed by atoms with E-state index in [0.29, 0.717) is 0 Å². The van der Waals surface area contributed by atoms with Crippen LogP contribution in [0.5, 0.6) is 0 Å². The molecule has 2 heterocycles. The molecule has 2 unspecified atom stereocenters. The molecule has 1 N–H and O–H groups in total. The molecule has 1 saturated carbocycles. The summed E-state index contributed by atoms with van der Waals surface area (Å²) in [5.74, 6) is 0.270. The lowest BCUT2D eigenvalue weighted by Gasteiger charge is -2.39. The first-order valence-electron chi connectivity index (χ1n) is 6.87. The van der Waals surface area contributed by atoms with Gasteiger partial charge in [0.25, 0.3) is 0 Å². The molecule has 4 nitrogen and oxygen atoms in total. The molecule has 2 atom stereocenters. The van der Waals surface area contributed by atoms with Crippen molar-refractivity contribution in [3.8, 4) is 0 Å². The zero-order chi connectivity index (χ0) is 12.4. The fraction of sp³-hybridized carbons (Fsp3) is 0.714. The minimum absolute atomic E-state index is 0.0525. The first-order valence-corrected chi connectivity index (χ1v) is 6.87. The van der Waals surface area contributed by atoms with Crippen molar-refractivity contribution in [2.75, 3.05) is 6.61 Å². The van der Waals surface area contributed by atoms with Crippen LogP contribution in [0.15, 0.2) is 18.6 Å². The molecule has 4 heteroatoms. The molecule has 18 heavy (non-hydrogen) atoms. The molecule has 3 rings (SSSR count). The molecule has 2 fully saturated rings. The van der Waals surface area contributed by atoms with Crippen LogP contribution in [-0.4, -0.2) is 27.3 Å². The van der Waals surface area contributed by atoms with E-state index in [1.54, 1.807) is 12.3 Å². The SMILES string of the molecule is OC(c1ccncn1)C1CCOC2(CCCC2)C1. The first kappa shape index (κ1) is 12.1. The number of aliphatic hydroxyl groups is 1. The van der Waals surface area contributed by atoms with E-state index in [1.807, 2.05) is 0 Å². The van der Waals surface area contributed by atoms with Crippen molar-refractivity contribution in [3.05, 3.63) is 24.3 Å². The molecule has 1 spiro atoms. The van der Waals surface area contributed by atoms with Gasteiger partial charge in [0.05, 0.1) is 17.4 Å². The molecule has 0 amide bonds.